The number of fused-ring (bicyclic) bond motifs is 1. The molecule has 6 nitrogen and oxygen atoms in total. The van der Waals surface area contributed by atoms with Gasteiger partial charge >= 0.3 is 12.1 Å². The second-order valence-electron chi connectivity index (χ2n) is 9.56. The number of hydrogen-bond donors (Lipinski definition) is 0. The molecule has 2 aromatic carbocycles. The molecular weight excluding hydrogens is 500 g/mol. The molecule has 0 bridgehead atoms. The Bertz CT molecular complexity index is 1450. The molecule has 0 radical (unpaired) electrons. The van der Waals surface area contributed by atoms with Crippen LogP contribution in [-0.2, 0) is 34.1 Å². The van der Waals surface area contributed by atoms with Crippen LogP contribution in [0.5, 0.6) is 0 Å². The maximum absolute atomic E-state index is 14.0. The van der Waals surface area contributed by atoms with E-state index in [9.17, 15) is 22.4 Å². The van der Waals surface area contributed by atoms with E-state index < -0.39 is 28.9 Å². The third-order valence-electron chi connectivity index (χ3n) is 6.30. The molecule has 0 saturated carbocycles. The Morgan fingerprint density at radius 3 is 2.39 bits per heavy atom. The third kappa shape index (κ3) is 5.40. The summed E-state index contributed by atoms with van der Waals surface area (Å²) in [5.74, 6) is -0.942. The molecule has 2 aromatic heterocycles. The Morgan fingerprint density at radius 2 is 1.79 bits per heavy atom. The maximum Gasteiger partial charge on any atom is 0.416 e. The Morgan fingerprint density at radius 1 is 1.08 bits per heavy atom. The zero-order valence-corrected chi connectivity index (χ0v) is 21.5. The molecular formula is C28H28F4N4O2. The fraction of sp³-hybridized carbons (Fsp3) is 0.321. The number of halogens is 4. The van der Waals surface area contributed by atoms with Gasteiger partial charge in [-0.05, 0) is 75.8 Å². The van der Waals surface area contributed by atoms with Gasteiger partial charge in [-0.25, -0.2) is 13.9 Å². The predicted octanol–water partition coefficient (Wildman–Crippen LogP) is 5.68. The van der Waals surface area contributed by atoms with E-state index in [1.54, 1.807) is 36.6 Å². The fourth-order valence-electron chi connectivity index (χ4n) is 4.55. The van der Waals surface area contributed by atoms with Gasteiger partial charge in [0.1, 0.15) is 11.2 Å². The minimum absolute atomic E-state index is 0.126. The molecule has 200 valence electrons. The molecule has 4 rings (SSSR count). The minimum atomic E-state index is -4.46. The van der Waals surface area contributed by atoms with E-state index in [1.807, 2.05) is 19.0 Å². The van der Waals surface area contributed by atoms with Crippen molar-refractivity contribution in [3.63, 3.8) is 0 Å². The number of carbonyl (C=O) groups is 1. The first-order valence-electron chi connectivity index (χ1n) is 12.0. The van der Waals surface area contributed by atoms with E-state index in [0.717, 1.165) is 12.1 Å². The first-order chi connectivity index (χ1) is 17.9. The largest absolute Gasteiger partial charge is 0.465 e. The number of benzene rings is 2. The lowest BCUT2D eigenvalue weighted by Gasteiger charge is -2.28. The lowest BCUT2D eigenvalue weighted by atomic mass is 9.80. The van der Waals surface area contributed by atoms with E-state index >= 15 is 0 Å². The number of aromatic nitrogens is 3. The molecule has 0 amide bonds. The molecule has 0 aliphatic heterocycles. The molecule has 0 spiro atoms. The molecule has 10 heteroatoms. The predicted molar refractivity (Wildman–Crippen MR) is 135 cm³/mol. The van der Waals surface area contributed by atoms with Crippen molar-refractivity contribution in [3.05, 3.63) is 89.1 Å². The number of carbonyl (C=O) groups excluding carboxylic acids is 1. The van der Waals surface area contributed by atoms with Crippen molar-refractivity contribution in [2.75, 3.05) is 20.7 Å². The molecule has 2 heterocycles. The second kappa shape index (κ2) is 10.5. The summed E-state index contributed by atoms with van der Waals surface area (Å²) in [6.07, 6.45) is -2.81. The van der Waals surface area contributed by atoms with Crippen molar-refractivity contribution >= 4 is 11.6 Å². The number of hydrogen-bond acceptors (Lipinski definition) is 5. The molecule has 38 heavy (non-hydrogen) atoms. The normalized spacial score (nSPS) is 13.6. The molecule has 0 aliphatic carbocycles. The zero-order valence-electron chi connectivity index (χ0n) is 21.5. The monoisotopic (exact) mass is 528 g/mol. The molecule has 1 atom stereocenters. The number of nitrogens with zero attached hydrogens (tertiary/aromatic N) is 4. The summed E-state index contributed by atoms with van der Waals surface area (Å²) in [5.41, 5.74) is 1.05. The van der Waals surface area contributed by atoms with Crippen LogP contribution < -0.4 is 0 Å². The molecule has 0 aliphatic rings. The van der Waals surface area contributed by atoms with Gasteiger partial charge in [-0.1, -0.05) is 24.3 Å². The van der Waals surface area contributed by atoms with E-state index in [-0.39, 0.29) is 13.0 Å². The lowest BCUT2D eigenvalue weighted by molar-refractivity contribution is -0.149. The standard InChI is InChI=1S/C28H28F4N4O2/c1-5-38-26(37)27(2,16-18-7-6-8-21(29)15-18)23-13-14-33-25-24(22(17-35(3)4)34-36(23)25)19-9-11-20(12-10-19)28(30,31)32/h6-15H,5,16-17H2,1-4H3. The van der Waals surface area contributed by atoms with Crippen LogP contribution in [0, 0.1) is 5.82 Å². The highest BCUT2D eigenvalue weighted by molar-refractivity contribution is 5.84. The topological polar surface area (TPSA) is 59.7 Å². The van der Waals surface area contributed by atoms with Gasteiger partial charge < -0.3 is 9.64 Å². The highest BCUT2D eigenvalue weighted by Gasteiger charge is 2.40. The third-order valence-corrected chi connectivity index (χ3v) is 6.30. The lowest BCUT2D eigenvalue weighted by Crippen LogP contribution is -2.38. The average Bonchev–Trinajstić information content (AvgIpc) is 3.20. The van der Waals surface area contributed by atoms with Gasteiger partial charge in [0.15, 0.2) is 5.65 Å². The fourth-order valence-corrected chi connectivity index (χ4v) is 4.55. The first-order valence-corrected chi connectivity index (χ1v) is 12.0. The van der Waals surface area contributed by atoms with Crippen molar-refractivity contribution in [2.24, 2.45) is 0 Å². The van der Waals surface area contributed by atoms with E-state index in [1.165, 1.54) is 30.5 Å². The van der Waals surface area contributed by atoms with E-state index in [0.29, 0.717) is 40.3 Å². The van der Waals surface area contributed by atoms with Crippen molar-refractivity contribution in [1.82, 2.24) is 19.5 Å². The Hall–Kier alpha value is -3.79. The number of ether oxygens (including phenoxy) is 1. The van der Waals surface area contributed by atoms with Crippen molar-refractivity contribution in [3.8, 4) is 11.1 Å². The van der Waals surface area contributed by atoms with Crippen LogP contribution in [0.2, 0.25) is 0 Å². The summed E-state index contributed by atoms with van der Waals surface area (Å²) in [7, 11) is 3.70. The van der Waals surface area contributed by atoms with Crippen LogP contribution in [0.4, 0.5) is 17.6 Å². The van der Waals surface area contributed by atoms with Crippen molar-refractivity contribution < 1.29 is 27.1 Å². The summed E-state index contributed by atoms with van der Waals surface area (Å²) in [6.45, 7) is 3.93. The van der Waals surface area contributed by atoms with E-state index in [4.69, 9.17) is 9.84 Å². The Kier molecular flexibility index (Phi) is 7.55. The molecule has 1 unspecified atom stereocenters. The smallest absolute Gasteiger partial charge is 0.416 e. The van der Waals surface area contributed by atoms with Gasteiger partial charge in [-0.3, -0.25) is 4.79 Å². The van der Waals surface area contributed by atoms with Crippen molar-refractivity contribution in [1.29, 1.82) is 0 Å². The summed E-state index contributed by atoms with van der Waals surface area (Å²) >= 11 is 0. The van der Waals surface area contributed by atoms with Gasteiger partial charge in [0.2, 0.25) is 0 Å². The highest BCUT2D eigenvalue weighted by Crippen LogP contribution is 2.36. The quantitative estimate of drug-likeness (QED) is 0.218. The van der Waals surface area contributed by atoms with Gasteiger partial charge in [-0.2, -0.15) is 18.3 Å². The van der Waals surface area contributed by atoms with Gasteiger partial charge in [-0.15, -0.1) is 0 Å². The Balaban J connectivity index is 1.93. The van der Waals surface area contributed by atoms with Crippen LogP contribution in [0.15, 0.2) is 60.8 Å². The number of rotatable bonds is 8. The van der Waals surface area contributed by atoms with Crippen LogP contribution >= 0.6 is 0 Å². The summed E-state index contributed by atoms with van der Waals surface area (Å²) in [5, 5.41) is 4.78. The second-order valence-corrected chi connectivity index (χ2v) is 9.56. The van der Waals surface area contributed by atoms with Crippen LogP contribution in [0.25, 0.3) is 16.8 Å². The highest BCUT2D eigenvalue weighted by atomic mass is 19.4. The Labute approximate surface area is 217 Å². The van der Waals surface area contributed by atoms with Gasteiger partial charge in [0.05, 0.1) is 29.1 Å². The summed E-state index contributed by atoms with van der Waals surface area (Å²) in [4.78, 5) is 19.8. The molecule has 4 aromatic rings. The van der Waals surface area contributed by atoms with E-state index in [2.05, 4.69) is 4.98 Å². The zero-order chi connectivity index (χ0) is 27.7. The first kappa shape index (κ1) is 27.3. The molecule has 0 fully saturated rings. The maximum atomic E-state index is 14.0. The van der Waals surface area contributed by atoms with Crippen LogP contribution in [0.1, 0.15) is 36.4 Å². The van der Waals surface area contributed by atoms with Crippen LogP contribution in [-0.4, -0.2) is 46.2 Å². The van der Waals surface area contributed by atoms with Gasteiger partial charge in [0.25, 0.3) is 0 Å². The minimum Gasteiger partial charge on any atom is -0.465 e. The number of alkyl halides is 3. The average molecular weight is 529 g/mol. The molecule has 0 saturated heterocycles. The molecule has 0 N–H and O–H groups in total. The number of esters is 1. The van der Waals surface area contributed by atoms with Crippen LogP contribution in [0.3, 0.4) is 0 Å². The summed E-state index contributed by atoms with van der Waals surface area (Å²) < 4.78 is 60.5. The van der Waals surface area contributed by atoms with Crippen molar-refractivity contribution in [2.45, 2.75) is 38.4 Å². The van der Waals surface area contributed by atoms with Gasteiger partial charge in [0, 0.05) is 12.7 Å². The summed E-state index contributed by atoms with van der Waals surface area (Å²) in [6, 6.07) is 12.5. The SMILES string of the molecule is CCOC(=O)C(C)(Cc1cccc(F)c1)c1ccnc2c(-c3ccc(C(F)(F)F)cc3)c(CN(C)C)nn12.